The van der Waals surface area contributed by atoms with E-state index < -0.39 is 0 Å². The maximum absolute atomic E-state index is 4.67. The smallest absolute Gasteiger partial charge is 0.193 e. The summed E-state index contributed by atoms with van der Waals surface area (Å²) in [6.45, 7) is 3.05. The van der Waals surface area contributed by atoms with Crippen LogP contribution in [0.15, 0.2) is 23.2 Å². The van der Waals surface area contributed by atoms with Gasteiger partial charge in [-0.2, -0.15) is 0 Å². The summed E-state index contributed by atoms with van der Waals surface area (Å²) >= 11 is 0. The summed E-state index contributed by atoms with van der Waals surface area (Å²) in [6.07, 6.45) is 5.60. The topological polar surface area (TPSA) is 43.8 Å². The average Bonchev–Trinajstić information content (AvgIpc) is 2.99. The molecule has 126 valence electrons. The lowest BCUT2D eigenvalue weighted by atomic mass is 9.82. The summed E-state index contributed by atoms with van der Waals surface area (Å²) in [5.41, 5.74) is 1.05. The Hall–Kier alpha value is -1.78. The Morgan fingerprint density at radius 1 is 1.26 bits per heavy atom. The molecule has 1 saturated heterocycles. The third kappa shape index (κ3) is 3.77. The summed E-state index contributed by atoms with van der Waals surface area (Å²) < 4.78 is 0. The molecular weight excluding hydrogens is 286 g/mol. The van der Waals surface area contributed by atoms with E-state index in [1.165, 1.54) is 25.7 Å². The van der Waals surface area contributed by atoms with Crippen LogP contribution in [0, 0.1) is 11.8 Å². The molecule has 5 nitrogen and oxygen atoms in total. The van der Waals surface area contributed by atoms with E-state index in [1.807, 2.05) is 32.1 Å². The monoisotopic (exact) mass is 315 g/mol. The molecule has 2 aliphatic rings. The van der Waals surface area contributed by atoms with Crippen molar-refractivity contribution < 1.29 is 0 Å². The van der Waals surface area contributed by atoms with Gasteiger partial charge in [0.15, 0.2) is 5.96 Å². The fraction of sp³-hybridized carbons (Fsp3) is 0.667. The Bertz CT molecular complexity index is 540. The predicted octanol–water partition coefficient (Wildman–Crippen LogP) is 2.34. The molecule has 1 N–H and O–H groups in total. The second kappa shape index (κ2) is 7.20. The van der Waals surface area contributed by atoms with Crippen LogP contribution in [-0.4, -0.2) is 50.1 Å². The first-order valence-electron chi connectivity index (χ1n) is 8.76. The van der Waals surface area contributed by atoms with Gasteiger partial charge in [0.1, 0.15) is 5.82 Å². The van der Waals surface area contributed by atoms with Crippen molar-refractivity contribution in [3.63, 3.8) is 0 Å². The highest BCUT2D eigenvalue weighted by Crippen LogP contribution is 2.35. The van der Waals surface area contributed by atoms with Gasteiger partial charge in [-0.1, -0.05) is 18.9 Å². The molecule has 1 aliphatic carbocycles. The lowest BCUT2D eigenvalue weighted by molar-refractivity contribution is 0.299. The number of aliphatic imine (C=N–C) groups is 1. The summed E-state index contributed by atoms with van der Waals surface area (Å²) in [5, 5.41) is 3.50. The molecule has 1 aliphatic heterocycles. The summed E-state index contributed by atoms with van der Waals surface area (Å²) in [6, 6.07) is 6.16. The van der Waals surface area contributed by atoms with Gasteiger partial charge in [-0.15, -0.1) is 0 Å². The van der Waals surface area contributed by atoms with Crippen LogP contribution in [0.1, 0.15) is 31.4 Å². The van der Waals surface area contributed by atoms with Crippen molar-refractivity contribution in [2.24, 2.45) is 16.8 Å². The lowest BCUT2D eigenvalue weighted by Crippen LogP contribution is -2.40. The van der Waals surface area contributed by atoms with Crippen LogP contribution in [0.4, 0.5) is 5.82 Å². The van der Waals surface area contributed by atoms with Gasteiger partial charge in [-0.05, 0) is 36.8 Å². The zero-order valence-electron chi connectivity index (χ0n) is 14.6. The second-order valence-corrected chi connectivity index (χ2v) is 6.99. The lowest BCUT2D eigenvalue weighted by Gasteiger charge is -2.22. The maximum atomic E-state index is 4.67. The maximum Gasteiger partial charge on any atom is 0.193 e. The second-order valence-electron chi connectivity index (χ2n) is 6.99. The Kier molecular flexibility index (Phi) is 5.03. The van der Waals surface area contributed by atoms with Crippen molar-refractivity contribution in [3.8, 4) is 0 Å². The molecule has 0 radical (unpaired) electrons. The number of rotatable bonds is 3. The molecule has 2 unspecified atom stereocenters. The van der Waals surface area contributed by atoms with Gasteiger partial charge in [-0.3, -0.25) is 4.99 Å². The van der Waals surface area contributed by atoms with Crippen LogP contribution in [0.3, 0.4) is 0 Å². The van der Waals surface area contributed by atoms with E-state index in [0.29, 0.717) is 0 Å². The molecule has 5 heteroatoms. The first-order chi connectivity index (χ1) is 11.2. The largest absolute Gasteiger partial charge is 0.363 e. The van der Waals surface area contributed by atoms with E-state index in [1.54, 1.807) is 0 Å². The molecule has 0 amide bonds. The van der Waals surface area contributed by atoms with Gasteiger partial charge < -0.3 is 15.1 Å². The number of guanidine groups is 1. The fourth-order valence-electron chi connectivity index (χ4n) is 3.90. The highest BCUT2D eigenvalue weighted by Gasteiger charge is 2.35. The predicted molar refractivity (Wildman–Crippen MR) is 95.8 cm³/mol. The minimum absolute atomic E-state index is 0.722. The van der Waals surface area contributed by atoms with Crippen molar-refractivity contribution in [2.45, 2.75) is 32.2 Å². The number of nitrogens with one attached hydrogen (secondary N) is 1. The Morgan fingerprint density at radius 3 is 2.57 bits per heavy atom. The van der Waals surface area contributed by atoms with Crippen LogP contribution < -0.4 is 10.2 Å². The van der Waals surface area contributed by atoms with Crippen molar-refractivity contribution in [2.75, 3.05) is 39.1 Å². The van der Waals surface area contributed by atoms with E-state index in [9.17, 15) is 0 Å². The molecule has 2 fully saturated rings. The van der Waals surface area contributed by atoms with Gasteiger partial charge >= 0.3 is 0 Å². The highest BCUT2D eigenvalue weighted by atomic mass is 15.3. The number of hydrogen-bond donors (Lipinski definition) is 1. The highest BCUT2D eigenvalue weighted by molar-refractivity contribution is 5.80. The minimum atomic E-state index is 0.722. The number of fused-ring (bicyclic) bond motifs is 1. The number of nitrogens with zero attached hydrogens (tertiary/aromatic N) is 4. The molecule has 3 rings (SSSR count). The molecule has 2 heterocycles. The molecule has 1 saturated carbocycles. The van der Waals surface area contributed by atoms with E-state index in [-0.39, 0.29) is 0 Å². The summed E-state index contributed by atoms with van der Waals surface area (Å²) in [4.78, 5) is 13.6. The average molecular weight is 315 g/mol. The van der Waals surface area contributed by atoms with Crippen molar-refractivity contribution in [3.05, 3.63) is 23.9 Å². The van der Waals surface area contributed by atoms with E-state index in [0.717, 1.165) is 48.9 Å². The minimum Gasteiger partial charge on any atom is -0.363 e. The molecule has 2 atom stereocenters. The zero-order chi connectivity index (χ0) is 16.2. The standard InChI is InChI=1S/C18H29N5/c1-19-18(23-12-14-7-4-5-8-15(14)13-23)20-11-16-9-6-10-17(21-16)22(2)3/h6,9-10,14-15H,4-5,7-8,11-13H2,1-3H3,(H,19,20). The van der Waals surface area contributed by atoms with Crippen LogP contribution in [0.5, 0.6) is 0 Å². The number of anilines is 1. The van der Waals surface area contributed by atoms with Crippen molar-refractivity contribution in [1.82, 2.24) is 15.2 Å². The quantitative estimate of drug-likeness (QED) is 0.687. The zero-order valence-corrected chi connectivity index (χ0v) is 14.6. The fourth-order valence-corrected chi connectivity index (χ4v) is 3.90. The third-order valence-corrected chi connectivity index (χ3v) is 5.17. The Balaban J connectivity index is 1.59. The van der Waals surface area contributed by atoms with E-state index in [2.05, 4.69) is 32.3 Å². The van der Waals surface area contributed by atoms with Crippen LogP contribution in [0.25, 0.3) is 0 Å². The van der Waals surface area contributed by atoms with Gasteiger partial charge in [0.05, 0.1) is 12.2 Å². The Morgan fingerprint density at radius 2 is 1.96 bits per heavy atom. The van der Waals surface area contributed by atoms with Gasteiger partial charge in [0.2, 0.25) is 0 Å². The SMILES string of the molecule is CN=C(NCc1cccc(N(C)C)n1)N1CC2CCCCC2C1. The number of likely N-dealkylation sites (tertiary alicyclic amines) is 1. The Labute approximate surface area is 139 Å². The summed E-state index contributed by atoms with van der Waals surface area (Å²) in [5.74, 6) is 3.76. The molecule has 0 spiro atoms. The first-order valence-corrected chi connectivity index (χ1v) is 8.76. The van der Waals surface area contributed by atoms with Crippen LogP contribution >= 0.6 is 0 Å². The van der Waals surface area contributed by atoms with Gasteiger partial charge in [0.25, 0.3) is 0 Å². The number of hydrogen-bond acceptors (Lipinski definition) is 3. The molecular formula is C18H29N5. The van der Waals surface area contributed by atoms with Gasteiger partial charge in [-0.25, -0.2) is 4.98 Å². The van der Waals surface area contributed by atoms with Crippen LogP contribution in [-0.2, 0) is 6.54 Å². The van der Waals surface area contributed by atoms with Crippen molar-refractivity contribution in [1.29, 1.82) is 0 Å². The molecule has 0 aromatic carbocycles. The van der Waals surface area contributed by atoms with E-state index >= 15 is 0 Å². The van der Waals surface area contributed by atoms with E-state index in [4.69, 9.17) is 0 Å². The molecule has 0 bridgehead atoms. The normalized spacial score (nSPS) is 24.5. The first kappa shape index (κ1) is 16.1. The summed E-state index contributed by atoms with van der Waals surface area (Å²) in [7, 11) is 5.92. The van der Waals surface area contributed by atoms with Gasteiger partial charge in [0, 0.05) is 34.2 Å². The molecule has 1 aromatic rings. The number of pyridine rings is 1. The number of aromatic nitrogens is 1. The molecule has 1 aromatic heterocycles. The third-order valence-electron chi connectivity index (χ3n) is 5.17. The molecule has 23 heavy (non-hydrogen) atoms. The van der Waals surface area contributed by atoms with Crippen LogP contribution in [0.2, 0.25) is 0 Å². The van der Waals surface area contributed by atoms with Crippen molar-refractivity contribution >= 4 is 11.8 Å².